The van der Waals surface area contributed by atoms with E-state index in [1.54, 1.807) is 29.8 Å². The Balaban J connectivity index is 2.02. The molecule has 0 aromatic heterocycles. The summed E-state index contributed by atoms with van der Waals surface area (Å²) < 4.78 is 85.2. The molecule has 1 aliphatic heterocycles. The molecule has 0 spiro atoms. The molecule has 0 fully saturated rings. The van der Waals surface area contributed by atoms with Crippen molar-refractivity contribution in [1.29, 1.82) is 0 Å². The van der Waals surface area contributed by atoms with Crippen LogP contribution in [0, 0.1) is 6.92 Å². The van der Waals surface area contributed by atoms with E-state index in [-0.39, 0.29) is 36.9 Å². The zero-order chi connectivity index (χ0) is 26.1. The first-order valence-electron chi connectivity index (χ1n) is 11.3. The topological polar surface area (TPSA) is 32.8 Å². The number of anilines is 1. The maximum Gasteiger partial charge on any atom is 0.416 e. The van der Waals surface area contributed by atoms with Crippen LogP contribution in [0.25, 0.3) is 0 Å². The Morgan fingerprint density at radius 1 is 1.03 bits per heavy atom. The first-order chi connectivity index (χ1) is 16.3. The van der Waals surface area contributed by atoms with Crippen molar-refractivity contribution in [3.05, 3.63) is 64.2 Å². The number of hydrogen-bond donors (Lipinski definition) is 0. The minimum Gasteiger partial charge on any atom is -0.449 e. The number of nitrogens with zero attached hydrogens (tertiary/aromatic N) is 2. The summed E-state index contributed by atoms with van der Waals surface area (Å²) in [4.78, 5) is 16.0. The predicted molar refractivity (Wildman–Crippen MR) is 120 cm³/mol. The Morgan fingerprint density at radius 3 is 2.14 bits per heavy atom. The van der Waals surface area contributed by atoms with Crippen molar-refractivity contribution in [2.75, 3.05) is 18.6 Å². The molecule has 192 valence electrons. The van der Waals surface area contributed by atoms with Crippen molar-refractivity contribution in [2.45, 2.75) is 64.6 Å². The van der Waals surface area contributed by atoms with E-state index in [4.69, 9.17) is 4.74 Å². The number of rotatable bonds is 5. The van der Waals surface area contributed by atoms with E-state index in [9.17, 15) is 31.1 Å². The molecule has 0 aliphatic carbocycles. The van der Waals surface area contributed by atoms with Gasteiger partial charge in [-0.05, 0) is 69.1 Å². The van der Waals surface area contributed by atoms with Gasteiger partial charge in [-0.15, -0.1) is 0 Å². The van der Waals surface area contributed by atoms with Crippen molar-refractivity contribution in [1.82, 2.24) is 4.90 Å². The molecule has 0 saturated heterocycles. The zero-order valence-corrected chi connectivity index (χ0v) is 19.9. The average molecular weight is 502 g/mol. The Labute approximate surface area is 200 Å². The van der Waals surface area contributed by atoms with E-state index in [0.717, 1.165) is 23.3 Å². The summed E-state index contributed by atoms with van der Waals surface area (Å²) in [6, 6.07) is 6.61. The van der Waals surface area contributed by atoms with E-state index < -0.39 is 29.6 Å². The molecular formula is C25H28F6N2O2. The lowest BCUT2D eigenvalue weighted by Crippen LogP contribution is -2.47. The van der Waals surface area contributed by atoms with E-state index in [1.807, 2.05) is 26.0 Å². The molecule has 2 aromatic carbocycles. The smallest absolute Gasteiger partial charge is 0.416 e. The summed E-state index contributed by atoms with van der Waals surface area (Å²) in [5.41, 5.74) is -0.451. The largest absolute Gasteiger partial charge is 0.449 e. The second kappa shape index (κ2) is 10.1. The molecule has 0 radical (unpaired) electrons. The Hall–Kier alpha value is -2.75. The quantitative estimate of drug-likeness (QED) is 0.401. The van der Waals surface area contributed by atoms with Gasteiger partial charge in [-0.25, -0.2) is 4.79 Å². The summed E-state index contributed by atoms with van der Waals surface area (Å²) in [5, 5.41) is 0. The van der Waals surface area contributed by atoms with Crippen LogP contribution in [0.15, 0.2) is 36.4 Å². The molecule has 4 nitrogen and oxygen atoms in total. The first kappa shape index (κ1) is 26.8. The molecule has 3 rings (SSSR count). The highest BCUT2D eigenvalue weighted by atomic mass is 19.4. The fourth-order valence-electron chi connectivity index (χ4n) is 4.56. The van der Waals surface area contributed by atoms with Gasteiger partial charge in [-0.3, -0.25) is 9.80 Å². The van der Waals surface area contributed by atoms with Gasteiger partial charge >= 0.3 is 18.4 Å². The third kappa shape index (κ3) is 5.91. The number of carbonyl (C=O) groups is 1. The molecule has 0 N–H and O–H groups in total. The molecule has 0 saturated carbocycles. The molecule has 10 heteroatoms. The van der Waals surface area contributed by atoms with Crippen molar-refractivity contribution in [3.8, 4) is 0 Å². The van der Waals surface area contributed by atoms with Gasteiger partial charge in [0.1, 0.15) is 0 Å². The summed E-state index contributed by atoms with van der Waals surface area (Å²) in [6.07, 6.45) is -9.25. The highest BCUT2D eigenvalue weighted by Crippen LogP contribution is 2.43. The minimum atomic E-state index is -4.91. The second-order valence-corrected chi connectivity index (χ2v) is 8.77. The maximum absolute atomic E-state index is 13.3. The fourth-order valence-corrected chi connectivity index (χ4v) is 4.56. The van der Waals surface area contributed by atoms with Gasteiger partial charge in [0.05, 0.1) is 23.4 Å². The van der Waals surface area contributed by atoms with Gasteiger partial charge in [-0.1, -0.05) is 24.6 Å². The number of fused-ring (bicyclic) bond motifs is 1. The van der Waals surface area contributed by atoms with Crippen LogP contribution in [0.4, 0.5) is 36.8 Å². The number of ether oxygens (including phenoxy) is 1. The maximum atomic E-state index is 13.3. The fraction of sp³-hybridized carbons (Fsp3) is 0.480. The third-order valence-corrected chi connectivity index (χ3v) is 6.21. The monoisotopic (exact) mass is 502 g/mol. The zero-order valence-electron chi connectivity index (χ0n) is 19.9. The van der Waals surface area contributed by atoms with Gasteiger partial charge in [0.15, 0.2) is 0 Å². The summed E-state index contributed by atoms with van der Waals surface area (Å²) in [7, 11) is 1.66. The van der Waals surface area contributed by atoms with Crippen LogP contribution in [0.2, 0.25) is 0 Å². The van der Waals surface area contributed by atoms with Gasteiger partial charge < -0.3 is 4.74 Å². The number of aryl methyl sites for hydroxylation is 1. The molecule has 1 amide bonds. The van der Waals surface area contributed by atoms with Crippen molar-refractivity contribution in [3.63, 3.8) is 0 Å². The van der Waals surface area contributed by atoms with Gasteiger partial charge in [0.2, 0.25) is 0 Å². The Bertz CT molecular complexity index is 1030. The molecule has 2 unspecified atom stereocenters. The van der Waals surface area contributed by atoms with E-state index in [1.165, 1.54) is 0 Å². The Kier molecular flexibility index (Phi) is 7.74. The molecule has 35 heavy (non-hydrogen) atoms. The molecule has 2 atom stereocenters. The summed E-state index contributed by atoms with van der Waals surface area (Å²) >= 11 is 0. The number of benzene rings is 2. The van der Waals surface area contributed by atoms with Crippen LogP contribution in [0.5, 0.6) is 0 Å². The van der Waals surface area contributed by atoms with E-state index >= 15 is 0 Å². The van der Waals surface area contributed by atoms with E-state index in [2.05, 4.69) is 0 Å². The SMILES string of the molecule is CCOC(=O)N1c2ccc(C)cc2C(N(C)Cc2cc(C(F)(F)F)cc(C(F)(F)F)c2)CC1CC. The van der Waals surface area contributed by atoms with Crippen LogP contribution in [-0.2, 0) is 23.6 Å². The van der Waals surface area contributed by atoms with Crippen LogP contribution in [-0.4, -0.2) is 30.7 Å². The van der Waals surface area contributed by atoms with Gasteiger partial charge in [0, 0.05) is 18.6 Å². The average Bonchev–Trinajstić information content (AvgIpc) is 2.76. The molecule has 2 aromatic rings. The van der Waals surface area contributed by atoms with Crippen LogP contribution >= 0.6 is 0 Å². The second-order valence-electron chi connectivity index (χ2n) is 8.77. The number of hydrogen-bond acceptors (Lipinski definition) is 3. The van der Waals surface area contributed by atoms with Crippen molar-refractivity contribution >= 4 is 11.8 Å². The number of alkyl halides is 6. The van der Waals surface area contributed by atoms with Gasteiger partial charge in [0.25, 0.3) is 0 Å². The highest BCUT2D eigenvalue weighted by Gasteiger charge is 2.39. The predicted octanol–water partition coefficient (Wildman–Crippen LogP) is 7.35. The third-order valence-electron chi connectivity index (χ3n) is 6.21. The summed E-state index contributed by atoms with van der Waals surface area (Å²) in [5.74, 6) is 0. The summed E-state index contributed by atoms with van der Waals surface area (Å²) in [6.45, 7) is 5.56. The minimum absolute atomic E-state index is 0.0928. The van der Waals surface area contributed by atoms with Gasteiger partial charge in [-0.2, -0.15) is 26.3 Å². The van der Waals surface area contributed by atoms with Crippen molar-refractivity contribution in [2.24, 2.45) is 0 Å². The molecular weight excluding hydrogens is 474 g/mol. The lowest BCUT2D eigenvalue weighted by atomic mass is 9.88. The molecule has 1 aliphatic rings. The molecule has 1 heterocycles. The molecule has 0 bridgehead atoms. The lowest BCUT2D eigenvalue weighted by molar-refractivity contribution is -0.143. The number of carbonyl (C=O) groups excluding carboxylic acids is 1. The normalized spacial score (nSPS) is 18.5. The van der Waals surface area contributed by atoms with Crippen LogP contribution < -0.4 is 4.90 Å². The first-order valence-corrected chi connectivity index (χ1v) is 11.3. The Morgan fingerprint density at radius 2 is 1.63 bits per heavy atom. The van der Waals surface area contributed by atoms with E-state index in [0.29, 0.717) is 18.5 Å². The number of amides is 1. The van der Waals surface area contributed by atoms with Crippen molar-refractivity contribution < 1.29 is 35.9 Å². The highest BCUT2D eigenvalue weighted by molar-refractivity contribution is 5.90. The standard InChI is InChI=1S/C25H28F6N2O2/c1-5-19-13-22(20-9-15(3)7-8-21(20)33(19)23(34)35-6-2)32(4)14-16-10-17(24(26,27)28)12-18(11-16)25(29,30)31/h7-12,19,22H,5-6,13-14H2,1-4H3. The lowest BCUT2D eigenvalue weighted by Gasteiger charge is -2.43. The van der Waals surface area contributed by atoms with Crippen LogP contribution in [0.3, 0.4) is 0 Å². The van der Waals surface area contributed by atoms with Crippen LogP contribution in [0.1, 0.15) is 60.5 Å². The number of halogens is 6.